The van der Waals surface area contributed by atoms with Crippen LogP contribution in [-0.2, 0) is 0 Å². The van der Waals surface area contributed by atoms with Gasteiger partial charge in [-0.15, -0.1) is 0 Å². The van der Waals surface area contributed by atoms with E-state index in [4.69, 9.17) is 16.3 Å². The first-order valence-corrected chi connectivity index (χ1v) is 7.71. The minimum Gasteiger partial charge on any atom is -0.497 e. The number of hydrogen-bond acceptors (Lipinski definition) is 5. The fraction of sp³-hybridized carbons (Fsp3) is 0.312. The number of piperazine rings is 1. The van der Waals surface area contributed by atoms with Gasteiger partial charge in [0.15, 0.2) is 0 Å². The Bertz CT molecular complexity index is 702. The number of aromatic nitrogens is 2. The summed E-state index contributed by atoms with van der Waals surface area (Å²) in [5, 5.41) is 0.373. The zero-order valence-electron chi connectivity index (χ0n) is 12.8. The van der Waals surface area contributed by atoms with Crippen LogP contribution in [0.4, 0.5) is 5.82 Å². The number of benzene rings is 1. The number of ether oxygens (including phenoxy) is 1. The molecule has 3 rings (SSSR count). The van der Waals surface area contributed by atoms with E-state index in [1.807, 2.05) is 17.0 Å². The Morgan fingerprint density at radius 1 is 1.22 bits per heavy atom. The van der Waals surface area contributed by atoms with E-state index in [0.29, 0.717) is 42.6 Å². The van der Waals surface area contributed by atoms with E-state index in [1.54, 1.807) is 25.4 Å². The number of anilines is 1. The first-order chi connectivity index (χ1) is 11.2. The summed E-state index contributed by atoms with van der Waals surface area (Å²) in [5.41, 5.74) is 0.639. The summed E-state index contributed by atoms with van der Waals surface area (Å²) >= 11 is 5.88. The summed E-state index contributed by atoms with van der Waals surface area (Å²) in [5.74, 6) is 1.44. The molecule has 1 saturated heterocycles. The molecule has 120 valence electrons. The molecule has 2 heterocycles. The van der Waals surface area contributed by atoms with Gasteiger partial charge in [-0.2, -0.15) is 0 Å². The molecule has 2 aromatic rings. The van der Waals surface area contributed by atoms with Crippen molar-refractivity contribution in [3.05, 3.63) is 47.4 Å². The van der Waals surface area contributed by atoms with E-state index in [0.717, 1.165) is 5.82 Å². The van der Waals surface area contributed by atoms with Crippen LogP contribution >= 0.6 is 11.6 Å². The van der Waals surface area contributed by atoms with Gasteiger partial charge in [-0.3, -0.25) is 9.78 Å². The minimum absolute atomic E-state index is 0.0146. The highest BCUT2D eigenvalue weighted by molar-refractivity contribution is 6.29. The van der Waals surface area contributed by atoms with Crippen LogP contribution in [0.3, 0.4) is 0 Å². The van der Waals surface area contributed by atoms with Gasteiger partial charge in [0, 0.05) is 31.7 Å². The van der Waals surface area contributed by atoms with Crippen molar-refractivity contribution in [1.29, 1.82) is 0 Å². The molecule has 0 saturated carbocycles. The third-order valence-electron chi connectivity index (χ3n) is 3.80. The minimum atomic E-state index is 0.0146. The average molecular weight is 333 g/mol. The summed E-state index contributed by atoms with van der Waals surface area (Å²) in [6, 6.07) is 7.22. The molecule has 0 aliphatic carbocycles. The Morgan fingerprint density at radius 3 is 2.70 bits per heavy atom. The van der Waals surface area contributed by atoms with Crippen molar-refractivity contribution in [3.8, 4) is 5.75 Å². The monoisotopic (exact) mass is 332 g/mol. The van der Waals surface area contributed by atoms with E-state index < -0.39 is 0 Å². The van der Waals surface area contributed by atoms with Crippen molar-refractivity contribution >= 4 is 23.3 Å². The van der Waals surface area contributed by atoms with Crippen molar-refractivity contribution in [1.82, 2.24) is 14.9 Å². The molecule has 0 unspecified atom stereocenters. The van der Waals surface area contributed by atoms with Gasteiger partial charge in [-0.05, 0) is 18.2 Å². The predicted octanol–water partition coefficient (Wildman–Crippen LogP) is 2.10. The second kappa shape index (κ2) is 6.83. The van der Waals surface area contributed by atoms with Gasteiger partial charge in [0.2, 0.25) is 0 Å². The normalized spacial score (nSPS) is 14.7. The molecule has 7 heteroatoms. The fourth-order valence-corrected chi connectivity index (χ4v) is 2.71. The standard InChI is InChI=1S/C16H17ClN4O2/c1-23-13-4-2-3-12(9-13)16(22)21-7-5-20(6-8-21)15-11-18-10-14(17)19-15/h2-4,9-11H,5-8H2,1H3. The van der Waals surface area contributed by atoms with Gasteiger partial charge < -0.3 is 14.5 Å². The lowest BCUT2D eigenvalue weighted by Crippen LogP contribution is -2.49. The molecule has 0 spiro atoms. The number of carbonyl (C=O) groups is 1. The second-order valence-electron chi connectivity index (χ2n) is 5.21. The van der Waals surface area contributed by atoms with Crippen LogP contribution in [0.25, 0.3) is 0 Å². The Labute approximate surface area is 139 Å². The molecule has 6 nitrogen and oxygen atoms in total. The highest BCUT2D eigenvalue weighted by Gasteiger charge is 2.23. The summed E-state index contributed by atoms with van der Waals surface area (Å²) < 4.78 is 5.17. The van der Waals surface area contributed by atoms with Gasteiger partial charge in [0.25, 0.3) is 5.91 Å². The lowest BCUT2D eigenvalue weighted by molar-refractivity contribution is 0.0746. The van der Waals surface area contributed by atoms with Crippen molar-refractivity contribution in [2.75, 3.05) is 38.2 Å². The van der Waals surface area contributed by atoms with Crippen LogP contribution in [0, 0.1) is 0 Å². The third-order valence-corrected chi connectivity index (χ3v) is 3.98. The Kier molecular flexibility index (Phi) is 4.62. The molecule has 1 aliphatic rings. The molecule has 1 aliphatic heterocycles. The maximum absolute atomic E-state index is 12.6. The lowest BCUT2D eigenvalue weighted by Gasteiger charge is -2.35. The number of rotatable bonds is 3. The Morgan fingerprint density at radius 2 is 2.00 bits per heavy atom. The van der Waals surface area contributed by atoms with Crippen molar-refractivity contribution in [2.45, 2.75) is 0 Å². The smallest absolute Gasteiger partial charge is 0.254 e. The Balaban J connectivity index is 1.65. The van der Waals surface area contributed by atoms with Crippen LogP contribution in [0.5, 0.6) is 5.75 Å². The zero-order valence-corrected chi connectivity index (χ0v) is 13.5. The van der Waals surface area contributed by atoms with Crippen LogP contribution in [0.1, 0.15) is 10.4 Å². The number of hydrogen-bond donors (Lipinski definition) is 0. The van der Waals surface area contributed by atoms with Gasteiger partial charge >= 0.3 is 0 Å². The number of carbonyl (C=O) groups excluding carboxylic acids is 1. The second-order valence-corrected chi connectivity index (χ2v) is 5.60. The first-order valence-electron chi connectivity index (χ1n) is 7.33. The van der Waals surface area contributed by atoms with Crippen LogP contribution in [-0.4, -0.2) is 54.1 Å². The van der Waals surface area contributed by atoms with Crippen molar-refractivity contribution in [2.24, 2.45) is 0 Å². The Hall–Kier alpha value is -2.34. The van der Waals surface area contributed by atoms with Gasteiger partial charge in [-0.25, -0.2) is 4.98 Å². The molecule has 0 radical (unpaired) electrons. The SMILES string of the molecule is COc1cccc(C(=O)N2CCN(c3cncc(Cl)n3)CC2)c1. The summed E-state index contributed by atoms with van der Waals surface area (Å²) in [7, 11) is 1.59. The highest BCUT2D eigenvalue weighted by atomic mass is 35.5. The van der Waals surface area contributed by atoms with E-state index >= 15 is 0 Å². The molecular formula is C16H17ClN4O2. The zero-order chi connectivity index (χ0) is 16.2. The third kappa shape index (κ3) is 3.53. The molecule has 1 fully saturated rings. The highest BCUT2D eigenvalue weighted by Crippen LogP contribution is 2.18. The fourth-order valence-electron chi connectivity index (χ4n) is 2.56. The van der Waals surface area contributed by atoms with Gasteiger partial charge in [0.05, 0.1) is 19.5 Å². The summed E-state index contributed by atoms with van der Waals surface area (Å²) in [4.78, 5) is 24.8. The van der Waals surface area contributed by atoms with Crippen LogP contribution < -0.4 is 9.64 Å². The summed E-state index contributed by atoms with van der Waals surface area (Å²) in [6.45, 7) is 2.66. The van der Waals surface area contributed by atoms with Crippen LogP contribution in [0.15, 0.2) is 36.7 Å². The topological polar surface area (TPSA) is 58.6 Å². The van der Waals surface area contributed by atoms with E-state index in [9.17, 15) is 4.79 Å². The molecule has 1 amide bonds. The maximum atomic E-state index is 12.6. The molecule has 0 N–H and O–H groups in total. The van der Waals surface area contributed by atoms with E-state index in [-0.39, 0.29) is 5.91 Å². The lowest BCUT2D eigenvalue weighted by atomic mass is 10.1. The van der Waals surface area contributed by atoms with Crippen molar-refractivity contribution < 1.29 is 9.53 Å². The molecule has 1 aromatic carbocycles. The van der Waals surface area contributed by atoms with Gasteiger partial charge in [0.1, 0.15) is 16.7 Å². The van der Waals surface area contributed by atoms with Crippen LogP contribution in [0.2, 0.25) is 5.15 Å². The maximum Gasteiger partial charge on any atom is 0.254 e. The number of halogens is 1. The molecule has 0 bridgehead atoms. The summed E-state index contributed by atoms with van der Waals surface area (Å²) in [6.07, 6.45) is 3.19. The molecular weight excluding hydrogens is 316 g/mol. The molecule has 0 atom stereocenters. The molecule has 1 aromatic heterocycles. The average Bonchev–Trinajstić information content (AvgIpc) is 2.61. The quantitative estimate of drug-likeness (QED) is 0.861. The first kappa shape index (κ1) is 15.6. The van der Waals surface area contributed by atoms with E-state index in [2.05, 4.69) is 14.9 Å². The number of amides is 1. The largest absolute Gasteiger partial charge is 0.497 e. The molecule has 23 heavy (non-hydrogen) atoms. The number of methoxy groups -OCH3 is 1. The van der Waals surface area contributed by atoms with E-state index in [1.165, 1.54) is 6.20 Å². The van der Waals surface area contributed by atoms with Crippen molar-refractivity contribution in [3.63, 3.8) is 0 Å². The number of nitrogens with zero attached hydrogens (tertiary/aromatic N) is 4. The van der Waals surface area contributed by atoms with Gasteiger partial charge in [-0.1, -0.05) is 17.7 Å². The predicted molar refractivity (Wildman–Crippen MR) is 88.2 cm³/mol.